The Bertz CT molecular complexity index is 424. The van der Waals surface area contributed by atoms with Crippen molar-refractivity contribution in [3.05, 3.63) is 29.8 Å². The highest BCUT2D eigenvalue weighted by molar-refractivity contribution is 5.94. The first kappa shape index (κ1) is 13.0. The molecule has 1 aliphatic heterocycles. The predicted octanol–water partition coefficient (Wildman–Crippen LogP) is 1.43. The molecule has 0 bridgehead atoms. The minimum absolute atomic E-state index is 0.0102. The number of amides is 1. The second-order valence-corrected chi connectivity index (χ2v) is 4.68. The van der Waals surface area contributed by atoms with E-state index >= 15 is 0 Å². The van der Waals surface area contributed by atoms with Gasteiger partial charge in [0.15, 0.2) is 0 Å². The Morgan fingerprint density at radius 2 is 2.44 bits per heavy atom. The van der Waals surface area contributed by atoms with Crippen molar-refractivity contribution in [2.75, 3.05) is 20.1 Å². The van der Waals surface area contributed by atoms with E-state index < -0.39 is 5.95 Å². The van der Waals surface area contributed by atoms with Crippen molar-refractivity contribution in [2.45, 2.75) is 25.3 Å². The van der Waals surface area contributed by atoms with Gasteiger partial charge in [0.05, 0.1) is 5.56 Å². The number of nitrogens with one attached hydrogen (secondary N) is 1. The number of likely N-dealkylation sites (N-methyl/N-ethyl adjacent to an activating group) is 1. The van der Waals surface area contributed by atoms with Crippen LogP contribution in [0.1, 0.15) is 29.6 Å². The van der Waals surface area contributed by atoms with E-state index in [0.717, 1.165) is 13.0 Å². The van der Waals surface area contributed by atoms with Gasteiger partial charge in [-0.2, -0.15) is 4.39 Å². The molecule has 4 nitrogen and oxygen atoms in total. The molecule has 1 N–H and O–H groups in total. The van der Waals surface area contributed by atoms with Crippen LogP contribution in [0.25, 0.3) is 0 Å². The molecule has 1 fully saturated rings. The Hall–Kier alpha value is -1.49. The molecule has 0 aromatic carbocycles. The zero-order valence-corrected chi connectivity index (χ0v) is 10.5. The van der Waals surface area contributed by atoms with E-state index in [9.17, 15) is 9.18 Å². The minimum atomic E-state index is -0.716. The van der Waals surface area contributed by atoms with E-state index in [2.05, 4.69) is 22.2 Å². The standard InChI is InChI=1S/C13H18FN3O/c1-17-8-3-2-5-10(17)9-16-13(18)11-6-4-7-15-12(11)14/h4,6-7,10H,2-3,5,8-9H2,1H3,(H,16,18). The molecule has 1 aromatic rings. The first-order valence-electron chi connectivity index (χ1n) is 6.27. The molecule has 5 heteroatoms. The SMILES string of the molecule is CN1CCCCC1CNC(=O)c1cccnc1F. The normalized spacial score (nSPS) is 20.7. The van der Waals surface area contributed by atoms with E-state index in [-0.39, 0.29) is 11.5 Å². The lowest BCUT2D eigenvalue weighted by Gasteiger charge is -2.32. The largest absolute Gasteiger partial charge is 0.350 e. The lowest BCUT2D eigenvalue weighted by atomic mass is 10.0. The molecule has 0 radical (unpaired) electrons. The fourth-order valence-corrected chi connectivity index (χ4v) is 2.26. The van der Waals surface area contributed by atoms with Crippen molar-refractivity contribution in [2.24, 2.45) is 0 Å². The highest BCUT2D eigenvalue weighted by Gasteiger charge is 2.20. The first-order valence-corrected chi connectivity index (χ1v) is 6.27. The van der Waals surface area contributed by atoms with E-state index in [0.29, 0.717) is 12.6 Å². The quantitative estimate of drug-likeness (QED) is 0.827. The predicted molar refractivity (Wildman–Crippen MR) is 66.8 cm³/mol. The number of carbonyl (C=O) groups excluding carboxylic acids is 1. The van der Waals surface area contributed by atoms with Gasteiger partial charge in [0.2, 0.25) is 5.95 Å². The number of hydrogen-bond acceptors (Lipinski definition) is 3. The Balaban J connectivity index is 1.90. The Morgan fingerprint density at radius 3 is 3.17 bits per heavy atom. The number of carbonyl (C=O) groups is 1. The van der Waals surface area contributed by atoms with Crippen LogP contribution in [0.3, 0.4) is 0 Å². The molecule has 1 saturated heterocycles. The zero-order valence-electron chi connectivity index (χ0n) is 10.5. The summed E-state index contributed by atoms with van der Waals surface area (Å²) in [5.41, 5.74) is 0.0102. The third-order valence-electron chi connectivity index (χ3n) is 3.42. The van der Waals surface area contributed by atoms with Crippen molar-refractivity contribution in [1.82, 2.24) is 15.2 Å². The van der Waals surface area contributed by atoms with Crippen molar-refractivity contribution < 1.29 is 9.18 Å². The zero-order chi connectivity index (χ0) is 13.0. The maximum atomic E-state index is 13.3. The van der Waals surface area contributed by atoms with E-state index in [1.54, 1.807) is 6.07 Å². The maximum absolute atomic E-state index is 13.3. The molecular formula is C13H18FN3O. The van der Waals surface area contributed by atoms with Gasteiger partial charge in [-0.3, -0.25) is 4.79 Å². The van der Waals surface area contributed by atoms with Crippen LogP contribution in [0.2, 0.25) is 0 Å². The molecule has 0 spiro atoms. The summed E-state index contributed by atoms with van der Waals surface area (Å²) in [7, 11) is 2.06. The lowest BCUT2D eigenvalue weighted by Crippen LogP contribution is -2.44. The summed E-state index contributed by atoms with van der Waals surface area (Å²) >= 11 is 0. The van der Waals surface area contributed by atoms with E-state index in [1.807, 2.05) is 0 Å². The van der Waals surface area contributed by atoms with Crippen molar-refractivity contribution in [1.29, 1.82) is 0 Å². The summed E-state index contributed by atoms with van der Waals surface area (Å²) < 4.78 is 13.3. The van der Waals surface area contributed by atoms with Crippen LogP contribution in [-0.2, 0) is 0 Å². The van der Waals surface area contributed by atoms with Gasteiger partial charge in [0.25, 0.3) is 5.91 Å². The van der Waals surface area contributed by atoms with E-state index in [1.165, 1.54) is 25.1 Å². The first-order chi connectivity index (χ1) is 8.68. The third-order valence-corrected chi connectivity index (χ3v) is 3.42. The number of nitrogens with zero attached hydrogens (tertiary/aromatic N) is 2. The summed E-state index contributed by atoms with van der Waals surface area (Å²) in [6, 6.07) is 3.36. The fraction of sp³-hybridized carbons (Fsp3) is 0.538. The molecular weight excluding hydrogens is 233 g/mol. The highest BCUT2D eigenvalue weighted by Crippen LogP contribution is 2.14. The number of rotatable bonds is 3. The van der Waals surface area contributed by atoms with Gasteiger partial charge in [-0.25, -0.2) is 4.98 Å². The number of pyridine rings is 1. The Labute approximate surface area is 106 Å². The average Bonchev–Trinajstić information content (AvgIpc) is 2.38. The van der Waals surface area contributed by atoms with Gasteiger partial charge in [0.1, 0.15) is 0 Å². The molecule has 98 valence electrons. The fourth-order valence-electron chi connectivity index (χ4n) is 2.26. The van der Waals surface area contributed by atoms with Gasteiger partial charge in [-0.05, 0) is 38.6 Å². The summed E-state index contributed by atoms with van der Waals surface area (Å²) in [5.74, 6) is -1.11. The summed E-state index contributed by atoms with van der Waals surface area (Å²) in [4.78, 5) is 17.5. The van der Waals surface area contributed by atoms with Crippen LogP contribution >= 0.6 is 0 Å². The topological polar surface area (TPSA) is 45.2 Å². The number of halogens is 1. The minimum Gasteiger partial charge on any atom is -0.350 e. The van der Waals surface area contributed by atoms with Crippen LogP contribution in [0.15, 0.2) is 18.3 Å². The molecule has 1 unspecified atom stereocenters. The van der Waals surface area contributed by atoms with Gasteiger partial charge in [0, 0.05) is 18.8 Å². The Kier molecular flexibility index (Phi) is 4.25. The van der Waals surface area contributed by atoms with Gasteiger partial charge in [-0.1, -0.05) is 6.42 Å². The summed E-state index contributed by atoms with van der Waals surface area (Å²) in [6.45, 7) is 1.62. The second kappa shape index (κ2) is 5.91. The molecule has 2 rings (SSSR count). The van der Waals surface area contributed by atoms with Crippen LogP contribution in [-0.4, -0.2) is 42.0 Å². The number of aromatic nitrogens is 1. The van der Waals surface area contributed by atoms with E-state index in [4.69, 9.17) is 0 Å². The molecule has 1 aliphatic rings. The monoisotopic (exact) mass is 251 g/mol. The molecule has 0 aliphatic carbocycles. The van der Waals surface area contributed by atoms with Crippen molar-refractivity contribution in [3.8, 4) is 0 Å². The maximum Gasteiger partial charge on any atom is 0.255 e. The lowest BCUT2D eigenvalue weighted by molar-refractivity contribution is 0.0923. The molecule has 1 atom stereocenters. The number of likely N-dealkylation sites (tertiary alicyclic amines) is 1. The molecule has 18 heavy (non-hydrogen) atoms. The average molecular weight is 251 g/mol. The van der Waals surface area contributed by atoms with Crippen LogP contribution in [0.5, 0.6) is 0 Å². The summed E-state index contributed by atoms with van der Waals surface area (Å²) in [5, 5.41) is 2.78. The number of piperidine rings is 1. The summed E-state index contributed by atoms with van der Waals surface area (Å²) in [6.07, 6.45) is 4.80. The molecule has 2 heterocycles. The van der Waals surface area contributed by atoms with Gasteiger partial charge < -0.3 is 10.2 Å². The highest BCUT2D eigenvalue weighted by atomic mass is 19.1. The van der Waals surface area contributed by atoms with Crippen LogP contribution < -0.4 is 5.32 Å². The second-order valence-electron chi connectivity index (χ2n) is 4.68. The smallest absolute Gasteiger partial charge is 0.255 e. The molecule has 1 aromatic heterocycles. The van der Waals surface area contributed by atoms with Gasteiger partial charge in [-0.15, -0.1) is 0 Å². The van der Waals surface area contributed by atoms with Crippen LogP contribution in [0.4, 0.5) is 4.39 Å². The van der Waals surface area contributed by atoms with Crippen molar-refractivity contribution in [3.63, 3.8) is 0 Å². The van der Waals surface area contributed by atoms with Crippen molar-refractivity contribution >= 4 is 5.91 Å². The Morgan fingerprint density at radius 1 is 1.61 bits per heavy atom. The third kappa shape index (κ3) is 3.04. The van der Waals surface area contributed by atoms with Gasteiger partial charge >= 0.3 is 0 Å². The van der Waals surface area contributed by atoms with Crippen LogP contribution in [0, 0.1) is 5.95 Å². The molecule has 0 saturated carbocycles. The number of hydrogen-bond donors (Lipinski definition) is 1. The molecule has 1 amide bonds.